The zero-order chi connectivity index (χ0) is 20.0. The second-order valence-electron chi connectivity index (χ2n) is 8.34. The summed E-state index contributed by atoms with van der Waals surface area (Å²) in [4.78, 5) is 39.5. The van der Waals surface area contributed by atoms with Gasteiger partial charge in [0.15, 0.2) is 0 Å². The molecule has 0 bridgehead atoms. The van der Waals surface area contributed by atoms with Crippen molar-refractivity contribution in [1.82, 2.24) is 4.90 Å². The van der Waals surface area contributed by atoms with Crippen LogP contribution in [-0.2, 0) is 19.1 Å². The van der Waals surface area contributed by atoms with Gasteiger partial charge in [-0.05, 0) is 45.4 Å². The van der Waals surface area contributed by atoms with Crippen molar-refractivity contribution in [2.24, 2.45) is 11.3 Å². The van der Waals surface area contributed by atoms with Gasteiger partial charge in [0, 0.05) is 24.6 Å². The molecule has 27 heavy (non-hydrogen) atoms. The maximum absolute atomic E-state index is 13.5. The number of hydrogen-bond acceptors (Lipinski definition) is 5. The van der Waals surface area contributed by atoms with E-state index in [4.69, 9.17) is 9.47 Å². The molecule has 6 nitrogen and oxygen atoms in total. The van der Waals surface area contributed by atoms with Crippen LogP contribution in [0.3, 0.4) is 0 Å². The zero-order valence-electron chi connectivity index (χ0n) is 16.0. The van der Waals surface area contributed by atoms with Gasteiger partial charge in [0.25, 0.3) is 11.7 Å². The number of nitrogens with zero attached hydrogens (tertiary/aromatic N) is 1. The van der Waals surface area contributed by atoms with E-state index in [1.165, 1.54) is 17.0 Å². The van der Waals surface area contributed by atoms with E-state index in [1.54, 1.807) is 27.7 Å². The largest absolute Gasteiger partial charge is 0.459 e. The third-order valence-electron chi connectivity index (χ3n) is 5.11. The quantitative estimate of drug-likeness (QED) is 0.458. The van der Waals surface area contributed by atoms with Crippen molar-refractivity contribution in [2.45, 2.75) is 33.3 Å². The van der Waals surface area contributed by atoms with Crippen LogP contribution in [0, 0.1) is 24.1 Å². The Morgan fingerprint density at radius 1 is 1.30 bits per heavy atom. The molecule has 3 rings (SSSR count). The number of carbonyl (C=O) groups is 3. The van der Waals surface area contributed by atoms with E-state index >= 15 is 0 Å². The summed E-state index contributed by atoms with van der Waals surface area (Å²) in [5, 5.41) is 0. The minimum Gasteiger partial charge on any atom is -0.459 e. The summed E-state index contributed by atoms with van der Waals surface area (Å²) in [5.41, 5.74) is -1.05. The van der Waals surface area contributed by atoms with Crippen LogP contribution >= 0.6 is 0 Å². The maximum atomic E-state index is 13.5. The Morgan fingerprint density at radius 3 is 2.67 bits per heavy atom. The van der Waals surface area contributed by atoms with Gasteiger partial charge >= 0.3 is 5.97 Å². The highest BCUT2D eigenvalue weighted by molar-refractivity contribution is 6.43. The number of aryl methyl sites for hydroxylation is 1. The van der Waals surface area contributed by atoms with E-state index in [2.05, 4.69) is 0 Å². The average molecular weight is 377 g/mol. The number of rotatable bonds is 3. The summed E-state index contributed by atoms with van der Waals surface area (Å²) in [7, 11) is 0. The molecule has 0 N–H and O–H groups in total. The highest BCUT2D eigenvalue weighted by Gasteiger charge is 2.59. The smallest absolute Gasteiger partial charge is 0.317 e. The Labute approximate surface area is 157 Å². The van der Waals surface area contributed by atoms with Gasteiger partial charge in [-0.15, -0.1) is 0 Å². The number of ketones is 1. The van der Waals surface area contributed by atoms with Gasteiger partial charge in [0.2, 0.25) is 0 Å². The first-order valence-electron chi connectivity index (χ1n) is 8.94. The van der Waals surface area contributed by atoms with Crippen molar-refractivity contribution in [3.8, 4) is 0 Å². The number of hydrogen-bond donors (Lipinski definition) is 0. The fourth-order valence-corrected chi connectivity index (χ4v) is 3.66. The number of carbonyl (C=O) groups excluding carboxylic acids is 3. The number of likely N-dealkylation sites (tertiary alicyclic amines) is 1. The predicted octanol–water partition coefficient (Wildman–Crippen LogP) is 2.13. The number of benzene rings is 1. The molecule has 7 heteroatoms. The summed E-state index contributed by atoms with van der Waals surface area (Å²) >= 11 is 0. The van der Waals surface area contributed by atoms with E-state index in [0.717, 1.165) is 6.07 Å². The van der Waals surface area contributed by atoms with Crippen LogP contribution in [0.15, 0.2) is 18.2 Å². The van der Waals surface area contributed by atoms with Gasteiger partial charge in [-0.2, -0.15) is 0 Å². The molecule has 2 fully saturated rings. The summed E-state index contributed by atoms with van der Waals surface area (Å²) in [6, 6.07) is 3.77. The van der Waals surface area contributed by atoms with Crippen molar-refractivity contribution in [2.75, 3.05) is 26.3 Å². The first-order valence-corrected chi connectivity index (χ1v) is 8.94. The minimum atomic E-state index is -0.958. The molecule has 2 heterocycles. The molecule has 0 aromatic heterocycles. The number of esters is 1. The fraction of sp³-hybridized carbons (Fsp3) is 0.550. The molecule has 1 amide bonds. The Balaban J connectivity index is 1.81. The third kappa shape index (κ3) is 3.60. The Hall–Kier alpha value is -2.28. The van der Waals surface area contributed by atoms with Crippen LogP contribution in [0.1, 0.15) is 36.7 Å². The molecule has 1 aromatic carbocycles. The highest BCUT2D eigenvalue weighted by atomic mass is 19.1. The molecular weight excluding hydrogens is 353 g/mol. The van der Waals surface area contributed by atoms with Gasteiger partial charge in [-0.1, -0.05) is 6.07 Å². The molecule has 146 valence electrons. The molecule has 0 saturated carbocycles. The number of Topliss-reactive ketones (excluding diaryl/α,β-unsaturated/α-hetero) is 1. The van der Waals surface area contributed by atoms with Crippen LogP contribution in [0.5, 0.6) is 0 Å². The number of ether oxygens (including phenoxy) is 2. The monoisotopic (exact) mass is 377 g/mol. The van der Waals surface area contributed by atoms with E-state index in [0.29, 0.717) is 12.2 Å². The SMILES string of the molecule is Cc1ccc(F)cc1C(=O)C(=O)N1C[C@@H]2COC[C@]2(C(=O)OC(C)(C)C)C1. The lowest BCUT2D eigenvalue weighted by Gasteiger charge is -2.29. The van der Waals surface area contributed by atoms with Crippen LogP contribution in [0.4, 0.5) is 4.39 Å². The molecule has 2 atom stereocenters. The topological polar surface area (TPSA) is 72.9 Å². The molecule has 0 aliphatic carbocycles. The lowest BCUT2D eigenvalue weighted by atomic mass is 9.81. The molecule has 0 spiro atoms. The lowest BCUT2D eigenvalue weighted by Crippen LogP contribution is -2.44. The van der Waals surface area contributed by atoms with E-state index in [9.17, 15) is 18.8 Å². The second-order valence-corrected chi connectivity index (χ2v) is 8.34. The van der Waals surface area contributed by atoms with E-state index in [1.807, 2.05) is 0 Å². The molecule has 2 aliphatic heterocycles. The Bertz CT molecular complexity index is 800. The van der Waals surface area contributed by atoms with Crippen molar-refractivity contribution < 1.29 is 28.2 Å². The summed E-state index contributed by atoms with van der Waals surface area (Å²) < 4.78 is 24.5. The lowest BCUT2D eigenvalue weighted by molar-refractivity contribution is -0.168. The van der Waals surface area contributed by atoms with Gasteiger partial charge in [-0.25, -0.2) is 4.39 Å². The first-order chi connectivity index (χ1) is 12.5. The maximum Gasteiger partial charge on any atom is 0.317 e. The molecular formula is C20H24FNO5. The highest BCUT2D eigenvalue weighted by Crippen LogP contribution is 2.43. The van der Waals surface area contributed by atoms with Crippen molar-refractivity contribution >= 4 is 17.7 Å². The number of amides is 1. The number of halogens is 1. The minimum absolute atomic E-state index is 0.0413. The molecule has 0 radical (unpaired) electrons. The van der Waals surface area contributed by atoms with Gasteiger partial charge in [0.1, 0.15) is 16.8 Å². The third-order valence-corrected chi connectivity index (χ3v) is 5.11. The van der Waals surface area contributed by atoms with E-state index in [-0.39, 0.29) is 31.2 Å². The van der Waals surface area contributed by atoms with Gasteiger partial charge < -0.3 is 14.4 Å². The Morgan fingerprint density at radius 2 is 2.00 bits per heavy atom. The van der Waals surface area contributed by atoms with Crippen LogP contribution in [0.2, 0.25) is 0 Å². The van der Waals surface area contributed by atoms with Crippen LogP contribution < -0.4 is 0 Å². The normalized spacial score (nSPS) is 24.6. The van der Waals surface area contributed by atoms with Crippen molar-refractivity contribution in [3.05, 3.63) is 35.1 Å². The molecule has 2 saturated heterocycles. The Kier molecular flexibility index (Phi) is 4.84. The molecule has 0 unspecified atom stereocenters. The van der Waals surface area contributed by atoms with Crippen molar-refractivity contribution in [1.29, 1.82) is 0 Å². The average Bonchev–Trinajstić information content (AvgIpc) is 3.12. The number of fused-ring (bicyclic) bond motifs is 1. The second kappa shape index (κ2) is 6.71. The summed E-state index contributed by atoms with van der Waals surface area (Å²) in [6.45, 7) is 7.76. The predicted molar refractivity (Wildman–Crippen MR) is 94.6 cm³/mol. The summed E-state index contributed by atoms with van der Waals surface area (Å²) in [5.74, 6) is -2.72. The standard InChI is InChI=1S/C20H24FNO5/c1-12-5-6-14(21)7-15(12)16(23)17(24)22-8-13-9-26-11-20(13,10-22)18(25)27-19(2,3)4/h5-7,13H,8-11H2,1-4H3/t13-,20-/m1/s1. The van der Waals surface area contributed by atoms with Crippen molar-refractivity contribution in [3.63, 3.8) is 0 Å². The molecule has 1 aromatic rings. The van der Waals surface area contributed by atoms with Crippen LogP contribution in [-0.4, -0.2) is 54.5 Å². The summed E-state index contributed by atoms with van der Waals surface area (Å²) in [6.07, 6.45) is 0. The van der Waals surface area contributed by atoms with E-state index < -0.39 is 34.5 Å². The fourth-order valence-electron chi connectivity index (χ4n) is 3.66. The van der Waals surface area contributed by atoms with Gasteiger partial charge in [-0.3, -0.25) is 14.4 Å². The van der Waals surface area contributed by atoms with Gasteiger partial charge in [0.05, 0.1) is 13.2 Å². The zero-order valence-corrected chi connectivity index (χ0v) is 16.0. The molecule has 2 aliphatic rings. The first kappa shape index (κ1) is 19.5. The van der Waals surface area contributed by atoms with Crippen LogP contribution in [0.25, 0.3) is 0 Å².